The van der Waals surface area contributed by atoms with Gasteiger partial charge in [-0.05, 0) is 42.2 Å². The number of nitrogens with zero attached hydrogens (tertiary/aromatic N) is 1. The van der Waals surface area contributed by atoms with Crippen molar-refractivity contribution in [1.29, 1.82) is 0 Å². The van der Waals surface area contributed by atoms with Gasteiger partial charge in [-0.15, -0.1) is 0 Å². The van der Waals surface area contributed by atoms with E-state index in [1.165, 1.54) is 11.1 Å². The molecule has 0 atom stereocenters. The summed E-state index contributed by atoms with van der Waals surface area (Å²) < 4.78 is 0. The number of nitrogens with one attached hydrogen (secondary N) is 1. The first-order valence-corrected chi connectivity index (χ1v) is 7.86. The highest BCUT2D eigenvalue weighted by atomic mass is 35.5. The van der Waals surface area contributed by atoms with E-state index in [2.05, 4.69) is 23.5 Å². The lowest BCUT2D eigenvalue weighted by atomic mass is 10.00. The lowest BCUT2D eigenvalue weighted by Crippen LogP contribution is -2.39. The van der Waals surface area contributed by atoms with Crippen LogP contribution in [0.25, 0.3) is 0 Å². The third-order valence-corrected chi connectivity index (χ3v) is 4.51. The average Bonchev–Trinajstić information content (AvgIpc) is 2.55. The zero-order valence-corrected chi connectivity index (χ0v) is 13.4. The Morgan fingerprint density at radius 2 is 2.00 bits per heavy atom. The molecule has 0 saturated heterocycles. The van der Waals surface area contributed by atoms with Gasteiger partial charge >= 0.3 is 0 Å². The number of carbonyl (C=O) groups excluding carboxylic acids is 1. The van der Waals surface area contributed by atoms with Gasteiger partial charge in [-0.25, -0.2) is 0 Å². The van der Waals surface area contributed by atoms with Gasteiger partial charge in [0.2, 0.25) is 5.91 Å². The molecule has 2 aromatic rings. The average molecular weight is 315 g/mol. The maximum absolute atomic E-state index is 12.4. The van der Waals surface area contributed by atoms with Crippen molar-refractivity contribution >= 4 is 23.2 Å². The quantitative estimate of drug-likeness (QED) is 0.938. The number of carbonyl (C=O) groups is 1. The molecule has 1 aliphatic rings. The second kappa shape index (κ2) is 6.41. The molecule has 3 nitrogen and oxygen atoms in total. The second-order valence-electron chi connectivity index (χ2n) is 5.65. The molecule has 0 radical (unpaired) electrons. The van der Waals surface area contributed by atoms with Crippen molar-refractivity contribution in [3.05, 3.63) is 64.2 Å². The Hall–Kier alpha value is -2.00. The fourth-order valence-corrected chi connectivity index (χ4v) is 2.88. The minimum atomic E-state index is 0.117. The van der Waals surface area contributed by atoms with Crippen LogP contribution in [0.1, 0.15) is 16.7 Å². The molecule has 0 saturated carbocycles. The molecule has 1 heterocycles. The van der Waals surface area contributed by atoms with Crippen molar-refractivity contribution in [2.45, 2.75) is 19.9 Å². The van der Waals surface area contributed by atoms with Gasteiger partial charge in [0, 0.05) is 23.8 Å². The summed E-state index contributed by atoms with van der Waals surface area (Å²) in [6, 6.07) is 14.1. The number of amides is 1. The molecule has 1 N–H and O–H groups in total. The largest absolute Gasteiger partial charge is 0.376 e. The molecule has 0 aromatic heterocycles. The molecule has 0 unspecified atom stereocenters. The van der Waals surface area contributed by atoms with Crippen LogP contribution in [-0.4, -0.2) is 23.9 Å². The Morgan fingerprint density at radius 3 is 2.77 bits per heavy atom. The summed E-state index contributed by atoms with van der Waals surface area (Å²) in [7, 11) is 0. The summed E-state index contributed by atoms with van der Waals surface area (Å²) in [6.07, 6.45) is 0.929. The van der Waals surface area contributed by atoms with Crippen molar-refractivity contribution < 1.29 is 4.79 Å². The summed E-state index contributed by atoms with van der Waals surface area (Å²) >= 11 is 6.10. The Morgan fingerprint density at radius 1 is 1.23 bits per heavy atom. The summed E-state index contributed by atoms with van der Waals surface area (Å²) in [5.41, 5.74) is 4.51. The number of hydrogen-bond donors (Lipinski definition) is 1. The van der Waals surface area contributed by atoms with E-state index in [0.29, 0.717) is 18.1 Å². The van der Waals surface area contributed by atoms with Crippen LogP contribution in [0.15, 0.2) is 42.5 Å². The van der Waals surface area contributed by atoms with Crippen molar-refractivity contribution in [2.24, 2.45) is 0 Å². The van der Waals surface area contributed by atoms with E-state index >= 15 is 0 Å². The van der Waals surface area contributed by atoms with Gasteiger partial charge in [0.15, 0.2) is 0 Å². The number of fused-ring (bicyclic) bond motifs is 1. The highest BCUT2D eigenvalue weighted by molar-refractivity contribution is 6.31. The topological polar surface area (TPSA) is 32.3 Å². The van der Waals surface area contributed by atoms with Gasteiger partial charge in [0.1, 0.15) is 0 Å². The van der Waals surface area contributed by atoms with E-state index in [0.717, 1.165) is 24.2 Å². The van der Waals surface area contributed by atoms with Crippen LogP contribution in [0.3, 0.4) is 0 Å². The molecule has 2 aromatic carbocycles. The maximum Gasteiger partial charge on any atom is 0.242 e. The van der Waals surface area contributed by atoms with E-state index < -0.39 is 0 Å². The Kier molecular flexibility index (Phi) is 4.34. The van der Waals surface area contributed by atoms with Gasteiger partial charge in [0.05, 0.1) is 6.54 Å². The minimum absolute atomic E-state index is 0.117. The number of aryl methyl sites for hydroxylation is 1. The fraction of sp³-hybridized carbons (Fsp3) is 0.278. The maximum atomic E-state index is 12.4. The molecule has 0 fully saturated rings. The summed E-state index contributed by atoms with van der Waals surface area (Å²) in [4.78, 5) is 14.3. The molecular weight excluding hydrogens is 296 g/mol. The second-order valence-corrected chi connectivity index (χ2v) is 6.06. The number of halogens is 1. The highest BCUT2D eigenvalue weighted by Gasteiger charge is 2.19. The molecule has 1 amide bonds. The molecule has 0 spiro atoms. The van der Waals surface area contributed by atoms with E-state index in [1.54, 1.807) is 0 Å². The zero-order valence-electron chi connectivity index (χ0n) is 12.6. The van der Waals surface area contributed by atoms with Gasteiger partial charge < -0.3 is 10.2 Å². The molecule has 0 aliphatic carbocycles. The lowest BCUT2D eigenvalue weighted by molar-refractivity contribution is -0.130. The first-order chi connectivity index (χ1) is 10.6. The fourth-order valence-electron chi connectivity index (χ4n) is 2.70. The molecular formula is C18H19ClN2O. The van der Waals surface area contributed by atoms with E-state index in [4.69, 9.17) is 11.6 Å². The third kappa shape index (κ3) is 3.25. The monoisotopic (exact) mass is 314 g/mol. The van der Waals surface area contributed by atoms with Gasteiger partial charge in [0.25, 0.3) is 0 Å². The van der Waals surface area contributed by atoms with E-state index in [-0.39, 0.29) is 5.91 Å². The van der Waals surface area contributed by atoms with Crippen LogP contribution in [-0.2, 0) is 17.8 Å². The molecule has 0 bridgehead atoms. The predicted octanol–water partition coefficient (Wildman–Crippen LogP) is 3.65. The normalized spacial score (nSPS) is 13.6. The predicted molar refractivity (Wildman–Crippen MR) is 90.2 cm³/mol. The first kappa shape index (κ1) is 14.9. The minimum Gasteiger partial charge on any atom is -0.376 e. The highest BCUT2D eigenvalue weighted by Crippen LogP contribution is 2.21. The van der Waals surface area contributed by atoms with E-state index in [9.17, 15) is 4.79 Å². The van der Waals surface area contributed by atoms with Crippen LogP contribution in [0.4, 0.5) is 5.69 Å². The van der Waals surface area contributed by atoms with Gasteiger partial charge in [-0.1, -0.05) is 41.9 Å². The Bertz CT molecular complexity index is 699. The Balaban J connectivity index is 1.60. The van der Waals surface area contributed by atoms with E-state index in [1.807, 2.05) is 36.1 Å². The number of anilines is 1. The molecule has 3 rings (SSSR count). The third-order valence-electron chi connectivity index (χ3n) is 4.10. The van der Waals surface area contributed by atoms with Gasteiger partial charge in [-0.3, -0.25) is 4.79 Å². The number of hydrogen-bond acceptors (Lipinski definition) is 2. The summed E-state index contributed by atoms with van der Waals surface area (Å²) in [6.45, 7) is 3.74. The van der Waals surface area contributed by atoms with Crippen molar-refractivity contribution in [3.63, 3.8) is 0 Å². The van der Waals surface area contributed by atoms with Crippen molar-refractivity contribution in [2.75, 3.05) is 18.4 Å². The van der Waals surface area contributed by atoms with Crippen molar-refractivity contribution in [1.82, 2.24) is 4.90 Å². The SMILES string of the molecule is Cc1ccc(NCC(=O)N2CCc3ccccc3C2)cc1Cl. The number of benzene rings is 2. The molecule has 22 heavy (non-hydrogen) atoms. The van der Waals surface area contributed by atoms with Crippen LogP contribution in [0.2, 0.25) is 5.02 Å². The van der Waals surface area contributed by atoms with Gasteiger partial charge in [-0.2, -0.15) is 0 Å². The molecule has 1 aliphatic heterocycles. The Labute approximate surface area is 135 Å². The zero-order chi connectivity index (χ0) is 15.5. The summed E-state index contributed by atoms with van der Waals surface area (Å²) in [5.74, 6) is 0.117. The smallest absolute Gasteiger partial charge is 0.242 e. The van der Waals surface area contributed by atoms with Crippen LogP contribution in [0, 0.1) is 6.92 Å². The standard InChI is InChI=1S/C18H19ClN2O/c1-13-6-7-16(10-17(13)19)20-11-18(22)21-9-8-14-4-2-3-5-15(14)12-21/h2-7,10,20H,8-9,11-12H2,1H3. The summed E-state index contributed by atoms with van der Waals surface area (Å²) in [5, 5.41) is 3.87. The van der Waals surface area contributed by atoms with Crippen LogP contribution < -0.4 is 5.32 Å². The lowest BCUT2D eigenvalue weighted by Gasteiger charge is -2.29. The number of rotatable bonds is 3. The van der Waals surface area contributed by atoms with Crippen LogP contribution in [0.5, 0.6) is 0 Å². The van der Waals surface area contributed by atoms with Crippen LogP contribution >= 0.6 is 11.6 Å². The molecule has 4 heteroatoms. The molecule has 114 valence electrons. The van der Waals surface area contributed by atoms with Crippen molar-refractivity contribution in [3.8, 4) is 0 Å². The first-order valence-electron chi connectivity index (χ1n) is 7.48.